The maximum absolute atomic E-state index is 13.5. The average Bonchev–Trinajstić information content (AvgIpc) is 2.80. The van der Waals surface area contributed by atoms with Gasteiger partial charge in [-0.15, -0.1) is 0 Å². The van der Waals surface area contributed by atoms with Crippen LogP contribution in [0.25, 0.3) is 11.1 Å². The summed E-state index contributed by atoms with van der Waals surface area (Å²) >= 11 is 0. The summed E-state index contributed by atoms with van der Waals surface area (Å²) < 4.78 is 0. The minimum atomic E-state index is -0.334. The van der Waals surface area contributed by atoms with Crippen molar-refractivity contribution in [1.29, 1.82) is 0 Å². The molecular weight excluding hydrogens is 367 g/mol. The number of amides is 1. The molecule has 3 nitrogen and oxygen atoms in total. The van der Waals surface area contributed by atoms with Gasteiger partial charge in [0.15, 0.2) is 0 Å². The monoisotopic (exact) mass is 386 g/mol. The van der Waals surface area contributed by atoms with E-state index in [0.717, 1.165) is 28.1 Å². The molecule has 4 aromatic rings. The number of fused-ring (bicyclic) bond motifs is 1. The molecule has 1 N–H and O–H groups in total. The van der Waals surface area contributed by atoms with Gasteiger partial charge in [-0.2, -0.15) is 0 Å². The van der Waals surface area contributed by atoms with Gasteiger partial charge in [0.2, 0.25) is 0 Å². The van der Waals surface area contributed by atoms with Crippen LogP contribution in [0, 0.1) is 0 Å². The van der Waals surface area contributed by atoms with Crippen LogP contribution in [0.3, 0.4) is 0 Å². The Morgan fingerprint density at radius 1 is 0.733 bits per heavy atom. The van der Waals surface area contributed by atoms with Crippen LogP contribution >= 0.6 is 0 Å². The van der Waals surface area contributed by atoms with Gasteiger partial charge in [0.25, 0.3) is 5.91 Å². The number of carbonyl (C=O) groups excluding carboxylic acids is 1. The average molecular weight is 386 g/mol. The molecular formula is C26H19BN2O. The van der Waals surface area contributed by atoms with E-state index in [9.17, 15) is 4.79 Å². The molecule has 1 atom stereocenters. The second kappa shape index (κ2) is 7.56. The molecule has 1 amide bonds. The zero-order chi connectivity index (χ0) is 20.5. The van der Waals surface area contributed by atoms with Crippen molar-refractivity contribution >= 4 is 30.6 Å². The Labute approximate surface area is 177 Å². The molecule has 0 bridgehead atoms. The van der Waals surface area contributed by atoms with Crippen molar-refractivity contribution in [2.75, 3.05) is 10.2 Å². The van der Waals surface area contributed by atoms with Crippen molar-refractivity contribution in [2.45, 2.75) is 6.17 Å². The van der Waals surface area contributed by atoms with Crippen LogP contribution in [0.15, 0.2) is 103 Å². The third-order valence-corrected chi connectivity index (χ3v) is 5.39. The minimum Gasteiger partial charge on any atom is -0.360 e. The summed E-state index contributed by atoms with van der Waals surface area (Å²) in [6.07, 6.45) is -0.334. The fraction of sp³-hybridized carbons (Fsp3) is 0.0385. The number of rotatable bonds is 3. The summed E-state index contributed by atoms with van der Waals surface area (Å²) in [7, 11) is 5.96. The smallest absolute Gasteiger partial charge is 0.262 e. The van der Waals surface area contributed by atoms with Gasteiger partial charge in [0.05, 0.1) is 5.56 Å². The summed E-state index contributed by atoms with van der Waals surface area (Å²) in [6, 6.07) is 33.7. The first-order chi connectivity index (χ1) is 14.7. The molecule has 1 unspecified atom stereocenters. The second-order valence-electron chi connectivity index (χ2n) is 7.35. The number of carbonyl (C=O) groups is 1. The highest BCUT2D eigenvalue weighted by molar-refractivity contribution is 6.33. The van der Waals surface area contributed by atoms with Gasteiger partial charge in [-0.3, -0.25) is 9.69 Å². The molecule has 4 aromatic carbocycles. The van der Waals surface area contributed by atoms with Gasteiger partial charge in [-0.1, -0.05) is 84.3 Å². The third kappa shape index (κ3) is 3.27. The number of benzene rings is 4. The standard InChI is InChI=1S/C26H19BN2O/c27-21-14-15-24-23(17-21)26(30)29(22-12-5-2-6-13-22)25(28-24)20-11-7-10-19(16-20)18-8-3-1-4-9-18/h1-17,25,28H. The van der Waals surface area contributed by atoms with Crippen molar-refractivity contribution in [2.24, 2.45) is 0 Å². The highest BCUT2D eigenvalue weighted by Crippen LogP contribution is 2.37. The SMILES string of the molecule is [B]c1ccc2c(c1)C(=O)N(c1ccccc1)C(c1cccc(-c3ccccc3)c1)N2. The largest absolute Gasteiger partial charge is 0.360 e. The number of para-hydroxylation sites is 1. The molecule has 0 spiro atoms. The molecule has 1 heterocycles. The van der Waals surface area contributed by atoms with E-state index in [0.29, 0.717) is 11.0 Å². The van der Waals surface area contributed by atoms with Crippen LogP contribution in [-0.4, -0.2) is 13.8 Å². The summed E-state index contributed by atoms with van der Waals surface area (Å²) in [4.78, 5) is 15.3. The number of anilines is 2. The van der Waals surface area contributed by atoms with Crippen molar-refractivity contribution < 1.29 is 4.79 Å². The van der Waals surface area contributed by atoms with Gasteiger partial charge in [0.1, 0.15) is 14.0 Å². The van der Waals surface area contributed by atoms with Crippen LogP contribution < -0.4 is 15.7 Å². The zero-order valence-electron chi connectivity index (χ0n) is 16.3. The zero-order valence-corrected chi connectivity index (χ0v) is 16.3. The first-order valence-corrected chi connectivity index (χ1v) is 9.91. The molecule has 0 saturated carbocycles. The van der Waals surface area contributed by atoms with Crippen LogP contribution in [0.1, 0.15) is 22.1 Å². The lowest BCUT2D eigenvalue weighted by molar-refractivity contribution is 0.0975. The summed E-state index contributed by atoms with van der Waals surface area (Å²) in [5.74, 6) is -0.0719. The van der Waals surface area contributed by atoms with E-state index in [1.165, 1.54) is 0 Å². The Bertz CT molecular complexity index is 1210. The van der Waals surface area contributed by atoms with E-state index in [1.54, 1.807) is 11.0 Å². The third-order valence-electron chi connectivity index (χ3n) is 5.39. The van der Waals surface area contributed by atoms with Gasteiger partial charge < -0.3 is 5.32 Å². The maximum Gasteiger partial charge on any atom is 0.262 e. The van der Waals surface area contributed by atoms with E-state index >= 15 is 0 Å². The van der Waals surface area contributed by atoms with Gasteiger partial charge in [0, 0.05) is 11.4 Å². The second-order valence-corrected chi connectivity index (χ2v) is 7.35. The molecule has 0 saturated heterocycles. The number of hydrogen-bond donors (Lipinski definition) is 1. The van der Waals surface area contributed by atoms with E-state index in [4.69, 9.17) is 7.85 Å². The molecule has 0 aromatic heterocycles. The predicted molar refractivity (Wildman–Crippen MR) is 123 cm³/mol. The van der Waals surface area contributed by atoms with E-state index < -0.39 is 0 Å². The summed E-state index contributed by atoms with van der Waals surface area (Å²) in [5.41, 5.74) is 6.03. The van der Waals surface area contributed by atoms with Gasteiger partial charge in [-0.05, 0) is 41.0 Å². The van der Waals surface area contributed by atoms with Gasteiger partial charge in [-0.25, -0.2) is 0 Å². The van der Waals surface area contributed by atoms with Crippen LogP contribution in [0.2, 0.25) is 0 Å². The quantitative estimate of drug-likeness (QED) is 0.507. The highest BCUT2D eigenvalue weighted by Gasteiger charge is 2.34. The summed E-state index contributed by atoms with van der Waals surface area (Å²) in [6.45, 7) is 0. The lowest BCUT2D eigenvalue weighted by Crippen LogP contribution is -2.43. The molecule has 1 aliphatic rings. The van der Waals surface area contributed by atoms with Crippen molar-refractivity contribution in [3.8, 4) is 11.1 Å². The topological polar surface area (TPSA) is 32.3 Å². The van der Waals surface area contributed by atoms with Crippen LogP contribution in [0.5, 0.6) is 0 Å². The predicted octanol–water partition coefficient (Wildman–Crippen LogP) is 4.92. The molecule has 0 fully saturated rings. The van der Waals surface area contributed by atoms with Crippen molar-refractivity contribution in [3.63, 3.8) is 0 Å². The van der Waals surface area contributed by atoms with Gasteiger partial charge >= 0.3 is 0 Å². The molecule has 0 aliphatic carbocycles. The molecule has 30 heavy (non-hydrogen) atoms. The van der Waals surface area contributed by atoms with Crippen molar-refractivity contribution in [1.82, 2.24) is 0 Å². The Morgan fingerprint density at radius 3 is 2.20 bits per heavy atom. The normalized spacial score (nSPS) is 15.4. The number of nitrogens with one attached hydrogen (secondary N) is 1. The lowest BCUT2D eigenvalue weighted by Gasteiger charge is -2.38. The van der Waals surface area contributed by atoms with E-state index in [-0.39, 0.29) is 12.1 Å². The van der Waals surface area contributed by atoms with E-state index in [1.807, 2.05) is 66.7 Å². The first-order valence-electron chi connectivity index (χ1n) is 9.91. The van der Waals surface area contributed by atoms with Crippen LogP contribution in [-0.2, 0) is 0 Å². The van der Waals surface area contributed by atoms with Crippen molar-refractivity contribution in [3.05, 3.63) is 114 Å². The fourth-order valence-electron chi connectivity index (χ4n) is 3.93. The minimum absolute atomic E-state index is 0.0719. The molecule has 4 heteroatoms. The first kappa shape index (κ1) is 18.3. The number of nitrogens with zero attached hydrogens (tertiary/aromatic N) is 1. The fourth-order valence-corrected chi connectivity index (χ4v) is 3.93. The lowest BCUT2D eigenvalue weighted by atomic mass is 9.91. The highest BCUT2D eigenvalue weighted by atomic mass is 16.2. The van der Waals surface area contributed by atoms with Crippen LogP contribution in [0.4, 0.5) is 11.4 Å². The maximum atomic E-state index is 13.5. The Morgan fingerprint density at radius 2 is 1.43 bits per heavy atom. The molecule has 1 aliphatic heterocycles. The molecule has 142 valence electrons. The van der Waals surface area contributed by atoms with E-state index in [2.05, 4.69) is 35.6 Å². The Balaban J connectivity index is 1.64. The molecule has 2 radical (unpaired) electrons. The Kier molecular flexibility index (Phi) is 4.60. The molecule has 5 rings (SSSR count). The summed E-state index contributed by atoms with van der Waals surface area (Å²) in [5, 5.41) is 3.55. The Hall–Kier alpha value is -3.79. The number of hydrogen-bond acceptors (Lipinski definition) is 2.